The van der Waals surface area contributed by atoms with Gasteiger partial charge in [0.15, 0.2) is 0 Å². The van der Waals surface area contributed by atoms with Crippen molar-refractivity contribution in [2.75, 3.05) is 19.6 Å². The largest absolute Gasteiger partial charge is 0.342 e. The van der Waals surface area contributed by atoms with Gasteiger partial charge in [0.1, 0.15) is 17.4 Å². The number of pyridine rings is 1. The Morgan fingerprint density at radius 3 is 2.67 bits per heavy atom. The molecule has 3 amide bonds. The molecule has 1 aliphatic carbocycles. The molecule has 1 aromatic rings. The molecule has 0 spiro atoms. The molecule has 192 valence electrons. The summed E-state index contributed by atoms with van der Waals surface area (Å²) in [4.78, 5) is 36.1. The van der Waals surface area contributed by atoms with Gasteiger partial charge in [-0.25, -0.2) is 4.79 Å². The van der Waals surface area contributed by atoms with Crippen LogP contribution in [0.5, 0.6) is 0 Å². The number of nitrogens with zero attached hydrogens (tertiary/aromatic N) is 4. The van der Waals surface area contributed by atoms with E-state index < -0.39 is 5.54 Å². The number of hydrogen-bond acceptors (Lipinski definition) is 5. The van der Waals surface area contributed by atoms with Crippen LogP contribution in [-0.2, 0) is 13.0 Å². The van der Waals surface area contributed by atoms with Gasteiger partial charge >= 0.3 is 6.03 Å². The molecular weight excluding hydrogens is 454 g/mol. The number of nitrogens with one attached hydrogen (secondary N) is 3. The highest BCUT2D eigenvalue weighted by atomic mass is 16.2. The number of hydrogen-bond donors (Lipinski definition) is 3. The number of amidine groups is 2. The van der Waals surface area contributed by atoms with E-state index in [2.05, 4.69) is 10.3 Å². The van der Waals surface area contributed by atoms with Crippen LogP contribution in [0.25, 0.3) is 0 Å². The lowest BCUT2D eigenvalue weighted by Gasteiger charge is -2.34. The summed E-state index contributed by atoms with van der Waals surface area (Å²) in [6, 6.07) is 2.04. The number of urea groups is 1. The van der Waals surface area contributed by atoms with Gasteiger partial charge < -0.3 is 20.0 Å². The molecule has 0 radical (unpaired) electrons. The number of carbonyl (C=O) groups excluding carboxylic acids is 2. The highest BCUT2D eigenvalue weighted by Crippen LogP contribution is 2.29. The fourth-order valence-electron chi connectivity index (χ4n) is 5.67. The van der Waals surface area contributed by atoms with Crippen molar-refractivity contribution >= 4 is 23.6 Å². The molecule has 1 aromatic heterocycles. The van der Waals surface area contributed by atoms with Gasteiger partial charge in [0, 0.05) is 52.7 Å². The minimum absolute atomic E-state index is 0. The van der Waals surface area contributed by atoms with Gasteiger partial charge in [-0.05, 0) is 62.3 Å². The second-order valence-corrected chi connectivity index (χ2v) is 10.6. The van der Waals surface area contributed by atoms with E-state index in [1.807, 2.05) is 47.9 Å². The molecule has 3 aliphatic heterocycles. The minimum Gasteiger partial charge on any atom is -0.342 e. The Morgan fingerprint density at radius 2 is 1.94 bits per heavy atom. The summed E-state index contributed by atoms with van der Waals surface area (Å²) < 4.78 is 0. The third-order valence-corrected chi connectivity index (χ3v) is 7.77. The quantitative estimate of drug-likeness (QED) is 0.441. The average Bonchev–Trinajstić information content (AvgIpc) is 3.52. The Balaban J connectivity index is 0.00000320. The maximum Gasteiger partial charge on any atom is 0.320 e. The normalized spacial score (nSPS) is 25.6. The first-order valence-corrected chi connectivity index (χ1v) is 12.9. The summed E-state index contributed by atoms with van der Waals surface area (Å²) in [6.07, 6.45) is 12.4. The minimum atomic E-state index is -0.673. The fraction of sp³-hybridized carbons (Fsp3) is 0.519. The van der Waals surface area contributed by atoms with Crippen molar-refractivity contribution in [3.05, 3.63) is 52.9 Å². The van der Waals surface area contributed by atoms with Gasteiger partial charge in [-0.1, -0.05) is 18.2 Å². The Hall–Kier alpha value is -3.49. The second kappa shape index (κ2) is 9.52. The zero-order valence-corrected chi connectivity index (χ0v) is 21.1. The Kier molecular flexibility index (Phi) is 6.40. The third-order valence-electron chi connectivity index (χ3n) is 7.77. The molecule has 2 atom stereocenters. The van der Waals surface area contributed by atoms with Gasteiger partial charge in [-0.15, -0.1) is 0 Å². The van der Waals surface area contributed by atoms with Gasteiger partial charge in [0.25, 0.3) is 5.91 Å². The molecule has 0 bridgehead atoms. The van der Waals surface area contributed by atoms with Crippen LogP contribution in [0.3, 0.4) is 0 Å². The standard InChI is InChI=1S/C27H35N7O2.H2/c1-18-7-8-23(28)34(18)24(29)19-6-5-10-27(2,15-19)31-25(35)22-14-21-17-33(13-9-20(21)16-30-22)26(36)32-11-3-4-12-32;/h5-6,10,14,16,18,28-29H,3-4,7-9,11-13,15,17H2,1-2H3,(H,31,35);1H/t18-,27?;/m1./s1. The third kappa shape index (κ3) is 4.66. The molecular formula is C27H37N7O2. The van der Waals surface area contributed by atoms with E-state index in [1.54, 1.807) is 11.1 Å². The summed E-state index contributed by atoms with van der Waals surface area (Å²) >= 11 is 0. The molecule has 3 N–H and O–H groups in total. The molecule has 0 saturated carbocycles. The average molecular weight is 492 g/mol. The summed E-state index contributed by atoms with van der Waals surface area (Å²) in [5.74, 6) is 0.539. The summed E-state index contributed by atoms with van der Waals surface area (Å²) in [5, 5.41) is 20.0. The van der Waals surface area contributed by atoms with Crippen LogP contribution in [0.2, 0.25) is 0 Å². The van der Waals surface area contributed by atoms with E-state index in [-0.39, 0.29) is 19.4 Å². The highest BCUT2D eigenvalue weighted by molar-refractivity contribution is 6.08. The van der Waals surface area contributed by atoms with Crippen molar-refractivity contribution in [1.82, 2.24) is 25.0 Å². The van der Waals surface area contributed by atoms with Gasteiger partial charge in [0.05, 0.1) is 5.54 Å². The molecule has 4 aliphatic rings. The number of aromatic nitrogens is 1. The fourth-order valence-corrected chi connectivity index (χ4v) is 5.67. The summed E-state index contributed by atoms with van der Waals surface area (Å²) in [6.45, 7) is 6.79. The molecule has 4 heterocycles. The number of rotatable bonds is 3. The van der Waals surface area contributed by atoms with Crippen molar-refractivity contribution in [1.29, 1.82) is 10.8 Å². The van der Waals surface area contributed by atoms with Crippen LogP contribution in [0.15, 0.2) is 36.1 Å². The number of amides is 3. The first kappa shape index (κ1) is 24.2. The lowest BCUT2D eigenvalue weighted by atomic mass is 9.87. The maximum absolute atomic E-state index is 13.3. The predicted octanol–water partition coefficient (Wildman–Crippen LogP) is 3.72. The summed E-state index contributed by atoms with van der Waals surface area (Å²) in [7, 11) is 0. The Labute approximate surface area is 213 Å². The van der Waals surface area contributed by atoms with Gasteiger partial charge in [-0.3, -0.25) is 20.6 Å². The molecule has 2 saturated heterocycles. The van der Waals surface area contributed by atoms with Crippen molar-refractivity contribution in [2.45, 2.75) is 70.5 Å². The van der Waals surface area contributed by atoms with Crippen LogP contribution < -0.4 is 5.32 Å². The molecule has 1 unspecified atom stereocenters. The number of likely N-dealkylation sites (tertiary alicyclic amines) is 2. The van der Waals surface area contributed by atoms with Crippen molar-refractivity contribution < 1.29 is 11.0 Å². The van der Waals surface area contributed by atoms with E-state index >= 15 is 0 Å². The van der Waals surface area contributed by atoms with Crippen LogP contribution in [-0.4, -0.2) is 74.5 Å². The van der Waals surface area contributed by atoms with Crippen molar-refractivity contribution in [3.8, 4) is 0 Å². The molecule has 0 aromatic carbocycles. The van der Waals surface area contributed by atoms with Crippen LogP contribution in [0, 0.1) is 10.8 Å². The van der Waals surface area contributed by atoms with Crippen LogP contribution in [0.4, 0.5) is 4.79 Å². The Bertz CT molecular complexity index is 1170. The van der Waals surface area contributed by atoms with Crippen LogP contribution in [0.1, 0.15) is 69.0 Å². The summed E-state index contributed by atoms with van der Waals surface area (Å²) in [5.41, 5.74) is 2.52. The smallest absolute Gasteiger partial charge is 0.320 e. The van der Waals surface area contributed by atoms with Crippen molar-refractivity contribution in [2.24, 2.45) is 0 Å². The van der Waals surface area contributed by atoms with E-state index in [9.17, 15) is 9.59 Å². The molecule has 2 fully saturated rings. The zero-order chi connectivity index (χ0) is 25.4. The second-order valence-electron chi connectivity index (χ2n) is 10.6. The van der Waals surface area contributed by atoms with E-state index in [0.717, 1.165) is 55.5 Å². The topological polar surface area (TPSA) is 116 Å². The first-order valence-electron chi connectivity index (χ1n) is 12.9. The van der Waals surface area contributed by atoms with Crippen LogP contribution >= 0.6 is 0 Å². The van der Waals surface area contributed by atoms with E-state index in [4.69, 9.17) is 10.8 Å². The molecule has 9 nitrogen and oxygen atoms in total. The predicted molar refractivity (Wildman–Crippen MR) is 140 cm³/mol. The SMILES string of the molecule is C[C@@H]1CCC(=N)N1C(=N)C1=CC=CC(C)(NC(=O)c2cc3c(cn2)CCN(C(=O)N2CCCC2)C3)C1.[HH]. The first-order chi connectivity index (χ1) is 17.2. The van der Waals surface area contributed by atoms with Crippen molar-refractivity contribution in [3.63, 3.8) is 0 Å². The number of carbonyl (C=O) groups is 2. The molecule has 5 rings (SSSR count). The Morgan fingerprint density at radius 1 is 1.17 bits per heavy atom. The van der Waals surface area contributed by atoms with E-state index in [1.165, 1.54) is 0 Å². The lowest BCUT2D eigenvalue weighted by molar-refractivity contribution is 0.0916. The van der Waals surface area contributed by atoms with Gasteiger partial charge in [-0.2, -0.15) is 0 Å². The lowest BCUT2D eigenvalue weighted by Crippen LogP contribution is -2.48. The van der Waals surface area contributed by atoms with Gasteiger partial charge in [0.2, 0.25) is 0 Å². The van der Waals surface area contributed by atoms with E-state index in [0.29, 0.717) is 43.3 Å². The maximum atomic E-state index is 13.3. The molecule has 36 heavy (non-hydrogen) atoms. The molecule has 9 heteroatoms. The number of allylic oxidation sites excluding steroid dienone is 2. The monoisotopic (exact) mass is 491 g/mol. The zero-order valence-electron chi connectivity index (χ0n) is 21.1. The number of fused-ring (bicyclic) bond motifs is 1. The highest BCUT2D eigenvalue weighted by Gasteiger charge is 2.34.